The number of rotatable bonds is 4. The molecule has 0 unspecified atom stereocenters. The molecule has 0 amide bonds. The van der Waals surface area contributed by atoms with Crippen LogP contribution in [0.2, 0.25) is 10.0 Å². The van der Waals surface area contributed by atoms with E-state index in [4.69, 9.17) is 27.9 Å². The molecule has 1 aliphatic rings. The van der Waals surface area contributed by atoms with E-state index in [0.29, 0.717) is 10.0 Å². The van der Waals surface area contributed by atoms with Crippen molar-refractivity contribution in [3.05, 3.63) is 33.8 Å². The molecule has 0 radical (unpaired) electrons. The zero-order valence-corrected chi connectivity index (χ0v) is 12.2. The Kier molecular flexibility index (Phi) is 4.91. The van der Waals surface area contributed by atoms with Gasteiger partial charge in [0.2, 0.25) is 0 Å². The zero-order valence-electron chi connectivity index (χ0n) is 10.6. The lowest BCUT2D eigenvalue weighted by atomic mass is 9.74. The summed E-state index contributed by atoms with van der Waals surface area (Å²) in [5.74, 6) is 0. The van der Waals surface area contributed by atoms with E-state index in [1.807, 2.05) is 12.1 Å². The molecule has 18 heavy (non-hydrogen) atoms. The summed E-state index contributed by atoms with van der Waals surface area (Å²) in [6.45, 7) is 5.69. The molecule has 0 bridgehead atoms. The number of likely N-dealkylation sites (N-methyl/N-ethyl adjacent to an activating group) is 1. The fourth-order valence-corrected chi connectivity index (χ4v) is 2.82. The lowest BCUT2D eigenvalue weighted by Gasteiger charge is -2.38. The molecule has 2 rings (SSSR count). The second-order valence-electron chi connectivity index (χ2n) is 4.80. The fraction of sp³-hybridized carbons (Fsp3) is 0.571. The van der Waals surface area contributed by atoms with Crippen LogP contribution in [0.3, 0.4) is 0 Å². The SMILES string of the molecule is CCNCC1(c2ccc(Cl)c(Cl)c2)CCOCC1. The molecule has 4 heteroatoms. The summed E-state index contributed by atoms with van der Waals surface area (Å²) in [6.07, 6.45) is 2.05. The van der Waals surface area contributed by atoms with Crippen molar-refractivity contribution < 1.29 is 4.74 Å². The molecule has 1 aliphatic heterocycles. The molecule has 1 aromatic rings. The topological polar surface area (TPSA) is 21.3 Å². The largest absolute Gasteiger partial charge is 0.381 e. The summed E-state index contributed by atoms with van der Waals surface area (Å²) < 4.78 is 5.49. The van der Waals surface area contributed by atoms with Crippen LogP contribution >= 0.6 is 23.2 Å². The minimum absolute atomic E-state index is 0.127. The van der Waals surface area contributed by atoms with Gasteiger partial charge in [-0.15, -0.1) is 0 Å². The third-order valence-electron chi connectivity index (χ3n) is 3.70. The van der Waals surface area contributed by atoms with Crippen LogP contribution in [0.15, 0.2) is 18.2 Å². The average molecular weight is 288 g/mol. The maximum absolute atomic E-state index is 6.15. The van der Waals surface area contributed by atoms with E-state index in [1.165, 1.54) is 5.56 Å². The standard InChI is InChI=1S/C14H19Cl2NO/c1-2-17-10-14(5-7-18-8-6-14)11-3-4-12(15)13(16)9-11/h3-4,9,17H,2,5-8,10H2,1H3. The van der Waals surface area contributed by atoms with Crippen molar-refractivity contribution in [3.63, 3.8) is 0 Å². The van der Waals surface area contributed by atoms with E-state index in [2.05, 4.69) is 18.3 Å². The van der Waals surface area contributed by atoms with Crippen LogP contribution in [-0.4, -0.2) is 26.3 Å². The number of hydrogen-bond acceptors (Lipinski definition) is 2. The number of ether oxygens (including phenoxy) is 1. The third kappa shape index (κ3) is 3.00. The van der Waals surface area contributed by atoms with E-state index in [-0.39, 0.29) is 5.41 Å². The molecule has 2 nitrogen and oxygen atoms in total. The van der Waals surface area contributed by atoms with E-state index in [9.17, 15) is 0 Å². The van der Waals surface area contributed by atoms with Crippen molar-refractivity contribution in [2.75, 3.05) is 26.3 Å². The molecule has 0 saturated carbocycles. The third-order valence-corrected chi connectivity index (χ3v) is 4.43. The van der Waals surface area contributed by atoms with Gasteiger partial charge in [-0.3, -0.25) is 0 Å². The van der Waals surface area contributed by atoms with Crippen molar-refractivity contribution >= 4 is 23.2 Å². The Morgan fingerprint density at radius 2 is 1.94 bits per heavy atom. The van der Waals surface area contributed by atoms with Gasteiger partial charge in [0.15, 0.2) is 0 Å². The Hall–Kier alpha value is -0.280. The number of halogens is 2. The maximum Gasteiger partial charge on any atom is 0.0595 e. The lowest BCUT2D eigenvalue weighted by Crippen LogP contribution is -2.42. The first-order chi connectivity index (χ1) is 8.68. The summed E-state index contributed by atoms with van der Waals surface area (Å²) in [4.78, 5) is 0. The molecule has 0 spiro atoms. The van der Waals surface area contributed by atoms with Crippen molar-refractivity contribution in [2.45, 2.75) is 25.2 Å². The van der Waals surface area contributed by atoms with Crippen molar-refractivity contribution in [3.8, 4) is 0 Å². The van der Waals surface area contributed by atoms with Gasteiger partial charge >= 0.3 is 0 Å². The normalized spacial score (nSPS) is 18.8. The Morgan fingerprint density at radius 3 is 2.56 bits per heavy atom. The highest BCUT2D eigenvalue weighted by molar-refractivity contribution is 6.42. The van der Waals surface area contributed by atoms with Crippen molar-refractivity contribution in [1.29, 1.82) is 0 Å². The van der Waals surface area contributed by atoms with Crippen LogP contribution in [0.5, 0.6) is 0 Å². The second kappa shape index (κ2) is 6.25. The van der Waals surface area contributed by atoms with E-state index in [0.717, 1.165) is 39.1 Å². The summed E-state index contributed by atoms with van der Waals surface area (Å²) in [6, 6.07) is 5.99. The van der Waals surface area contributed by atoms with Gasteiger partial charge in [-0.2, -0.15) is 0 Å². The summed E-state index contributed by atoms with van der Waals surface area (Å²) >= 11 is 12.1. The van der Waals surface area contributed by atoms with E-state index >= 15 is 0 Å². The van der Waals surface area contributed by atoms with Crippen molar-refractivity contribution in [1.82, 2.24) is 5.32 Å². The molecular formula is C14H19Cl2NO. The Bertz CT molecular complexity index is 403. The summed E-state index contributed by atoms with van der Waals surface area (Å²) in [7, 11) is 0. The van der Waals surface area contributed by atoms with E-state index in [1.54, 1.807) is 0 Å². The lowest BCUT2D eigenvalue weighted by molar-refractivity contribution is 0.0501. The van der Waals surface area contributed by atoms with Gasteiger partial charge in [-0.25, -0.2) is 0 Å². The Labute approximate surface area is 119 Å². The predicted molar refractivity (Wildman–Crippen MR) is 76.7 cm³/mol. The fourth-order valence-electron chi connectivity index (χ4n) is 2.52. The quantitative estimate of drug-likeness (QED) is 0.913. The van der Waals surface area contributed by atoms with Crippen LogP contribution < -0.4 is 5.32 Å². The molecule has 0 aliphatic carbocycles. The minimum atomic E-state index is 0.127. The van der Waals surface area contributed by atoms with Gasteiger partial charge in [0.25, 0.3) is 0 Å². The van der Waals surface area contributed by atoms with Crippen LogP contribution in [0, 0.1) is 0 Å². The van der Waals surface area contributed by atoms with Crippen LogP contribution in [0.1, 0.15) is 25.3 Å². The number of hydrogen-bond donors (Lipinski definition) is 1. The Morgan fingerprint density at radius 1 is 1.22 bits per heavy atom. The van der Waals surface area contributed by atoms with Crippen molar-refractivity contribution in [2.24, 2.45) is 0 Å². The van der Waals surface area contributed by atoms with E-state index < -0.39 is 0 Å². The monoisotopic (exact) mass is 287 g/mol. The first-order valence-corrected chi connectivity index (χ1v) is 7.17. The highest BCUT2D eigenvalue weighted by Gasteiger charge is 2.34. The number of benzene rings is 1. The molecule has 1 heterocycles. The van der Waals surface area contributed by atoms with Gasteiger partial charge in [0.1, 0.15) is 0 Å². The molecule has 1 aromatic carbocycles. The molecule has 1 fully saturated rings. The molecule has 1 N–H and O–H groups in total. The average Bonchev–Trinajstić information content (AvgIpc) is 2.40. The molecule has 0 aromatic heterocycles. The predicted octanol–water partition coefficient (Wildman–Crippen LogP) is 3.65. The summed E-state index contributed by atoms with van der Waals surface area (Å²) in [5, 5.41) is 4.71. The van der Waals surface area contributed by atoms with Crippen LogP contribution in [0.25, 0.3) is 0 Å². The van der Waals surface area contributed by atoms with Gasteiger partial charge < -0.3 is 10.1 Å². The first-order valence-electron chi connectivity index (χ1n) is 6.42. The molecule has 0 atom stereocenters. The second-order valence-corrected chi connectivity index (χ2v) is 5.62. The highest BCUT2D eigenvalue weighted by Crippen LogP contribution is 2.37. The smallest absolute Gasteiger partial charge is 0.0595 e. The molecular weight excluding hydrogens is 269 g/mol. The van der Waals surface area contributed by atoms with Gasteiger partial charge in [-0.05, 0) is 37.1 Å². The van der Waals surface area contributed by atoms with Gasteiger partial charge in [-0.1, -0.05) is 36.2 Å². The molecule has 100 valence electrons. The summed E-state index contributed by atoms with van der Waals surface area (Å²) in [5.41, 5.74) is 1.39. The van der Waals surface area contributed by atoms with Gasteiger partial charge in [0.05, 0.1) is 10.0 Å². The Balaban J connectivity index is 2.29. The minimum Gasteiger partial charge on any atom is -0.381 e. The van der Waals surface area contributed by atoms with Crippen LogP contribution in [-0.2, 0) is 10.2 Å². The number of nitrogens with one attached hydrogen (secondary N) is 1. The maximum atomic E-state index is 6.15. The zero-order chi connectivity index (χ0) is 13.0. The van der Waals surface area contributed by atoms with Crippen LogP contribution in [0.4, 0.5) is 0 Å². The first kappa shape index (κ1) is 14.1. The van der Waals surface area contributed by atoms with Gasteiger partial charge in [0, 0.05) is 25.2 Å². The molecule has 1 saturated heterocycles. The highest BCUT2D eigenvalue weighted by atomic mass is 35.5.